The number of hydrogen-bond acceptors (Lipinski definition) is 3. The van der Waals surface area contributed by atoms with Crippen molar-refractivity contribution < 1.29 is 9.18 Å². The van der Waals surface area contributed by atoms with Crippen molar-refractivity contribution in [2.24, 2.45) is 0 Å². The highest BCUT2D eigenvalue weighted by molar-refractivity contribution is 7.11. The van der Waals surface area contributed by atoms with Gasteiger partial charge in [0.2, 0.25) is 0 Å². The smallest absolute Gasteiger partial charge is 0.308 e. The summed E-state index contributed by atoms with van der Waals surface area (Å²) in [5, 5.41) is 3.64. The van der Waals surface area contributed by atoms with Crippen LogP contribution in [0.15, 0.2) is 47.3 Å². The van der Waals surface area contributed by atoms with Gasteiger partial charge in [-0.25, -0.2) is 4.39 Å². The van der Waals surface area contributed by atoms with Gasteiger partial charge in [0.15, 0.2) is 0 Å². The molecule has 0 fully saturated rings. The van der Waals surface area contributed by atoms with Gasteiger partial charge in [0, 0.05) is 12.2 Å². The number of nitrogens with one attached hydrogen (secondary N) is 1. The zero-order valence-corrected chi connectivity index (χ0v) is 16.6. The van der Waals surface area contributed by atoms with Gasteiger partial charge in [-0.1, -0.05) is 52.7 Å². The van der Waals surface area contributed by atoms with Gasteiger partial charge in [0.25, 0.3) is 5.91 Å². The predicted octanol–water partition coefficient (Wildman–Crippen LogP) is 4.64. The highest BCUT2D eigenvalue weighted by atomic mass is 35.5. The fourth-order valence-electron chi connectivity index (χ4n) is 2.55. The Bertz CT molecular complexity index is 1040. The summed E-state index contributed by atoms with van der Waals surface area (Å²) in [4.78, 5) is 24.9. The van der Waals surface area contributed by atoms with Gasteiger partial charge >= 0.3 is 4.87 Å². The molecule has 0 atom stereocenters. The molecule has 27 heavy (non-hydrogen) atoms. The van der Waals surface area contributed by atoms with Gasteiger partial charge in [-0.15, -0.1) is 0 Å². The molecular formula is C19H15Cl2FN2O2S. The number of amides is 1. The molecule has 1 aromatic heterocycles. The zero-order valence-electron chi connectivity index (χ0n) is 14.3. The van der Waals surface area contributed by atoms with Crippen LogP contribution in [0.25, 0.3) is 0 Å². The van der Waals surface area contributed by atoms with E-state index in [1.54, 1.807) is 37.3 Å². The molecule has 3 rings (SSSR count). The van der Waals surface area contributed by atoms with E-state index in [9.17, 15) is 14.0 Å². The third-order valence-electron chi connectivity index (χ3n) is 4.04. The lowest BCUT2D eigenvalue weighted by Gasteiger charge is -2.08. The minimum atomic E-state index is -0.337. The van der Waals surface area contributed by atoms with E-state index in [0.717, 1.165) is 22.5 Å². The van der Waals surface area contributed by atoms with Crippen molar-refractivity contribution in [2.75, 3.05) is 0 Å². The number of hydrogen-bond donors (Lipinski definition) is 1. The second-order valence-electron chi connectivity index (χ2n) is 5.93. The second-order valence-corrected chi connectivity index (χ2v) is 7.70. The van der Waals surface area contributed by atoms with Crippen LogP contribution < -0.4 is 10.2 Å². The predicted molar refractivity (Wildman–Crippen MR) is 106 cm³/mol. The van der Waals surface area contributed by atoms with Crippen molar-refractivity contribution in [3.05, 3.63) is 89.7 Å². The Morgan fingerprint density at radius 1 is 1.11 bits per heavy atom. The van der Waals surface area contributed by atoms with E-state index in [1.165, 1.54) is 16.7 Å². The van der Waals surface area contributed by atoms with E-state index in [0.29, 0.717) is 20.6 Å². The average Bonchev–Trinajstić information content (AvgIpc) is 2.92. The third-order valence-corrected chi connectivity index (χ3v) is 5.86. The fourth-order valence-corrected chi connectivity index (χ4v) is 3.78. The Morgan fingerprint density at radius 2 is 1.78 bits per heavy atom. The standard InChI is InChI=1S/C19H15Cl2FN2O2S/c1-11-17(18(25)23-9-13-4-7-15(20)16(21)8-13)27-19(26)24(11)10-12-2-5-14(22)6-3-12/h2-8H,9-10H2,1H3,(H,23,25). The Morgan fingerprint density at radius 3 is 2.44 bits per heavy atom. The van der Waals surface area contributed by atoms with E-state index >= 15 is 0 Å². The molecule has 0 aliphatic rings. The number of carbonyl (C=O) groups excluding carboxylic acids is 1. The van der Waals surface area contributed by atoms with Gasteiger partial charge in [-0.2, -0.15) is 0 Å². The molecule has 0 radical (unpaired) electrons. The molecule has 2 aromatic carbocycles. The van der Waals surface area contributed by atoms with Crippen LogP contribution >= 0.6 is 34.5 Å². The molecule has 140 valence electrons. The maximum Gasteiger partial charge on any atom is 0.308 e. The van der Waals surface area contributed by atoms with Crippen LogP contribution in [0.4, 0.5) is 4.39 Å². The molecular weight excluding hydrogens is 410 g/mol. The van der Waals surface area contributed by atoms with E-state index in [2.05, 4.69) is 5.32 Å². The average molecular weight is 425 g/mol. The van der Waals surface area contributed by atoms with Gasteiger partial charge in [-0.3, -0.25) is 14.2 Å². The molecule has 8 heteroatoms. The van der Waals surface area contributed by atoms with Crippen molar-refractivity contribution in [1.82, 2.24) is 9.88 Å². The molecule has 0 unspecified atom stereocenters. The molecule has 4 nitrogen and oxygen atoms in total. The summed E-state index contributed by atoms with van der Waals surface area (Å²) < 4.78 is 14.5. The summed E-state index contributed by atoms with van der Waals surface area (Å²) in [5.74, 6) is -0.672. The van der Waals surface area contributed by atoms with Crippen LogP contribution in [0.3, 0.4) is 0 Å². The first kappa shape index (κ1) is 19.6. The van der Waals surface area contributed by atoms with E-state index in [4.69, 9.17) is 23.2 Å². The molecule has 0 bridgehead atoms. The van der Waals surface area contributed by atoms with Crippen molar-refractivity contribution >= 4 is 40.4 Å². The SMILES string of the molecule is Cc1c(C(=O)NCc2ccc(Cl)c(Cl)c2)sc(=O)n1Cc1ccc(F)cc1. The molecule has 0 saturated heterocycles. The van der Waals surface area contributed by atoms with E-state index in [-0.39, 0.29) is 29.7 Å². The molecule has 0 spiro atoms. The normalized spacial score (nSPS) is 10.8. The summed E-state index contributed by atoms with van der Waals surface area (Å²) >= 11 is 12.7. The monoisotopic (exact) mass is 424 g/mol. The van der Waals surface area contributed by atoms with Gasteiger partial charge in [0.1, 0.15) is 10.7 Å². The summed E-state index contributed by atoms with van der Waals surface area (Å²) in [7, 11) is 0. The summed E-state index contributed by atoms with van der Waals surface area (Å²) in [5.41, 5.74) is 2.15. The lowest BCUT2D eigenvalue weighted by Crippen LogP contribution is -2.23. The molecule has 1 N–H and O–H groups in total. The molecule has 0 saturated carbocycles. The maximum absolute atomic E-state index is 13.0. The van der Waals surface area contributed by atoms with Crippen molar-refractivity contribution in [3.8, 4) is 0 Å². The second kappa shape index (κ2) is 8.25. The lowest BCUT2D eigenvalue weighted by molar-refractivity contribution is 0.0954. The Hall–Kier alpha value is -2.15. The fraction of sp³-hybridized carbons (Fsp3) is 0.158. The third kappa shape index (κ3) is 4.58. The van der Waals surface area contributed by atoms with Crippen LogP contribution in [0, 0.1) is 12.7 Å². The number of aromatic nitrogens is 1. The van der Waals surface area contributed by atoms with Crippen LogP contribution in [0.2, 0.25) is 10.0 Å². The molecule has 1 amide bonds. The number of benzene rings is 2. The van der Waals surface area contributed by atoms with Crippen molar-refractivity contribution in [2.45, 2.75) is 20.0 Å². The van der Waals surface area contributed by atoms with Gasteiger partial charge in [0.05, 0.1) is 16.6 Å². The highest BCUT2D eigenvalue weighted by Gasteiger charge is 2.17. The topological polar surface area (TPSA) is 51.1 Å². The first-order valence-electron chi connectivity index (χ1n) is 8.02. The molecule has 0 aliphatic carbocycles. The van der Waals surface area contributed by atoms with Crippen molar-refractivity contribution in [1.29, 1.82) is 0 Å². The van der Waals surface area contributed by atoms with Gasteiger partial charge < -0.3 is 5.32 Å². The number of halogens is 3. The quantitative estimate of drug-likeness (QED) is 0.648. The molecule has 0 aliphatic heterocycles. The minimum Gasteiger partial charge on any atom is -0.347 e. The number of nitrogens with zero attached hydrogens (tertiary/aromatic N) is 1. The Kier molecular flexibility index (Phi) is 5.99. The summed E-state index contributed by atoms with van der Waals surface area (Å²) in [6.45, 7) is 2.26. The zero-order chi connectivity index (χ0) is 19.6. The molecule has 1 heterocycles. The van der Waals surface area contributed by atoms with Gasteiger partial charge in [-0.05, 0) is 42.3 Å². The van der Waals surface area contributed by atoms with Crippen LogP contribution in [-0.4, -0.2) is 10.5 Å². The van der Waals surface area contributed by atoms with E-state index < -0.39 is 0 Å². The van der Waals surface area contributed by atoms with E-state index in [1.807, 2.05) is 0 Å². The number of rotatable bonds is 5. The summed E-state index contributed by atoms with van der Waals surface area (Å²) in [6, 6.07) is 11.0. The summed E-state index contributed by atoms with van der Waals surface area (Å²) in [6.07, 6.45) is 0. The molecule has 3 aromatic rings. The Balaban J connectivity index is 1.74. The lowest BCUT2D eigenvalue weighted by atomic mass is 10.2. The van der Waals surface area contributed by atoms with Crippen molar-refractivity contribution in [3.63, 3.8) is 0 Å². The van der Waals surface area contributed by atoms with Crippen LogP contribution in [0.5, 0.6) is 0 Å². The largest absolute Gasteiger partial charge is 0.347 e. The van der Waals surface area contributed by atoms with Crippen LogP contribution in [0.1, 0.15) is 26.5 Å². The highest BCUT2D eigenvalue weighted by Crippen LogP contribution is 2.22. The first-order valence-corrected chi connectivity index (χ1v) is 9.59. The minimum absolute atomic E-state index is 0.239. The Labute approximate surface area is 169 Å². The number of thiazole rings is 1. The first-order chi connectivity index (χ1) is 12.8. The van der Waals surface area contributed by atoms with Crippen LogP contribution in [-0.2, 0) is 13.1 Å². The maximum atomic E-state index is 13.0. The number of carbonyl (C=O) groups is 1.